The van der Waals surface area contributed by atoms with Crippen LogP contribution in [0.3, 0.4) is 0 Å². The van der Waals surface area contributed by atoms with Crippen molar-refractivity contribution in [3.63, 3.8) is 0 Å². The van der Waals surface area contributed by atoms with Gasteiger partial charge in [-0.2, -0.15) is 0 Å². The van der Waals surface area contributed by atoms with E-state index in [4.69, 9.17) is 37.9 Å². The van der Waals surface area contributed by atoms with Gasteiger partial charge < -0.3 is 14.5 Å². The fourth-order valence-corrected chi connectivity index (χ4v) is 7.94. The predicted octanol–water partition coefficient (Wildman–Crippen LogP) is 7.97. The number of piperazine rings is 1. The van der Waals surface area contributed by atoms with Gasteiger partial charge in [-0.15, -0.1) is 0 Å². The van der Waals surface area contributed by atoms with Crippen LogP contribution in [0.15, 0.2) is 126 Å². The van der Waals surface area contributed by atoms with Gasteiger partial charge in [0.2, 0.25) is 5.95 Å². The average Bonchev–Trinajstić information content (AvgIpc) is 3.17. The highest BCUT2D eigenvalue weighted by molar-refractivity contribution is 7.92. The van der Waals surface area contributed by atoms with Crippen molar-refractivity contribution < 1.29 is 17.9 Å². The number of sulfonamides is 1. The van der Waals surface area contributed by atoms with Crippen LogP contribution in [0.1, 0.15) is 15.9 Å². The van der Waals surface area contributed by atoms with E-state index in [0.717, 1.165) is 27.7 Å². The van der Waals surface area contributed by atoms with Crippen LogP contribution >= 0.6 is 23.2 Å². The third kappa shape index (κ3) is 7.21. The minimum absolute atomic E-state index is 0.0428. The Hall–Kier alpha value is -5.16. The Morgan fingerprint density at radius 2 is 1.49 bits per heavy atom. The summed E-state index contributed by atoms with van der Waals surface area (Å²) in [5, 5.41) is 1.62. The predicted molar refractivity (Wildman–Crippen MR) is 202 cm³/mol. The number of hydrogen-bond acceptors (Lipinski definition) is 7. The fourth-order valence-electron chi connectivity index (χ4n) is 6.09. The van der Waals surface area contributed by atoms with Gasteiger partial charge in [-0.05, 0) is 66.2 Å². The summed E-state index contributed by atoms with van der Waals surface area (Å²) in [6.07, 6.45) is 0. The monoisotopic (exact) mass is 737 g/mol. The number of nitrogens with zero attached hydrogens (tertiary/aromatic N) is 5. The summed E-state index contributed by atoms with van der Waals surface area (Å²) >= 11 is 12.9. The molecule has 1 aliphatic heterocycles. The van der Waals surface area contributed by atoms with Gasteiger partial charge in [-0.25, -0.2) is 18.4 Å². The van der Waals surface area contributed by atoms with Crippen LogP contribution in [0.2, 0.25) is 10.0 Å². The molecule has 1 amide bonds. The molecule has 0 saturated carbocycles. The number of anilines is 2. The number of fused-ring (bicyclic) bond motifs is 1. The highest BCUT2D eigenvalue weighted by Gasteiger charge is 2.30. The van der Waals surface area contributed by atoms with Crippen molar-refractivity contribution in [3.8, 4) is 17.0 Å². The first kappa shape index (κ1) is 34.3. The van der Waals surface area contributed by atoms with Crippen LogP contribution in [0.25, 0.3) is 22.2 Å². The lowest BCUT2D eigenvalue weighted by Gasteiger charge is -2.35. The maximum atomic E-state index is 14.3. The third-order valence-corrected chi connectivity index (χ3v) is 11.2. The topological polar surface area (TPSA) is 95.9 Å². The Bertz CT molecular complexity index is 2300. The Balaban J connectivity index is 1.14. The van der Waals surface area contributed by atoms with Crippen molar-refractivity contribution in [2.45, 2.75) is 11.4 Å². The van der Waals surface area contributed by atoms with Gasteiger partial charge in [-0.3, -0.25) is 9.10 Å². The molecule has 0 radical (unpaired) electrons. The molecule has 1 aromatic heterocycles. The van der Waals surface area contributed by atoms with E-state index in [0.29, 0.717) is 48.6 Å². The zero-order valence-corrected chi connectivity index (χ0v) is 29.9. The molecule has 0 unspecified atom stereocenters. The summed E-state index contributed by atoms with van der Waals surface area (Å²) in [4.78, 5) is 27.4. The first-order chi connectivity index (χ1) is 24.7. The van der Waals surface area contributed by atoms with E-state index in [-0.39, 0.29) is 27.9 Å². The zero-order valence-electron chi connectivity index (χ0n) is 27.6. The minimum atomic E-state index is -4.14. The number of halogens is 2. The summed E-state index contributed by atoms with van der Waals surface area (Å²) in [5.41, 5.74) is 3.86. The van der Waals surface area contributed by atoms with E-state index in [1.54, 1.807) is 36.3 Å². The highest BCUT2D eigenvalue weighted by Crippen LogP contribution is 2.32. The molecule has 0 bridgehead atoms. The second-order valence-electron chi connectivity index (χ2n) is 12.0. The molecule has 12 heteroatoms. The summed E-state index contributed by atoms with van der Waals surface area (Å²) in [7, 11) is -2.59. The highest BCUT2D eigenvalue weighted by atomic mass is 35.5. The number of benzene rings is 5. The molecule has 0 atom stereocenters. The van der Waals surface area contributed by atoms with Crippen LogP contribution in [-0.4, -0.2) is 62.5 Å². The first-order valence-electron chi connectivity index (χ1n) is 16.3. The molecule has 6 aromatic rings. The normalized spacial score (nSPS) is 13.3. The first-order valence-corrected chi connectivity index (χ1v) is 18.5. The van der Waals surface area contributed by atoms with Gasteiger partial charge in [0, 0.05) is 42.2 Å². The van der Waals surface area contributed by atoms with Crippen LogP contribution in [0.5, 0.6) is 5.75 Å². The zero-order chi connectivity index (χ0) is 35.5. The second-order valence-corrected chi connectivity index (χ2v) is 14.7. The van der Waals surface area contributed by atoms with E-state index in [1.165, 1.54) is 22.5 Å². The van der Waals surface area contributed by atoms with Gasteiger partial charge in [0.15, 0.2) is 0 Å². The number of carbonyl (C=O) groups is 1. The summed E-state index contributed by atoms with van der Waals surface area (Å²) in [6, 6.07) is 35.8. The fraction of sp³-hybridized carbons (Fsp3) is 0.154. The Labute approximate surface area is 306 Å². The van der Waals surface area contributed by atoms with Crippen LogP contribution in [0, 0.1) is 0 Å². The lowest BCUT2D eigenvalue weighted by Crippen LogP contribution is -2.49. The maximum absolute atomic E-state index is 14.3. The van der Waals surface area contributed by atoms with E-state index in [1.807, 2.05) is 83.8 Å². The lowest BCUT2D eigenvalue weighted by molar-refractivity contribution is 0.0746. The van der Waals surface area contributed by atoms with Gasteiger partial charge in [-0.1, -0.05) is 83.9 Å². The smallest absolute Gasteiger partial charge is 0.264 e. The molecular weight excluding hydrogens is 705 g/mol. The molecule has 258 valence electrons. The number of carbonyl (C=O) groups excluding carboxylic acids is 1. The summed E-state index contributed by atoms with van der Waals surface area (Å²) in [6.45, 7) is 1.74. The van der Waals surface area contributed by atoms with Crippen molar-refractivity contribution in [3.05, 3.63) is 142 Å². The van der Waals surface area contributed by atoms with Crippen molar-refractivity contribution in [1.82, 2.24) is 14.9 Å². The molecular formula is C39H33Cl2N5O4S. The molecule has 51 heavy (non-hydrogen) atoms. The number of ether oxygens (including phenoxy) is 1. The SMILES string of the molecule is COc1ccc(N(Cc2ccccc2)S(=O)(=O)c2ccc(Cl)c(C(=O)N3CCN(c4nc(-c5ccccc5)c5cc(Cl)ccc5n4)CC3)c2)cc1. The summed E-state index contributed by atoms with van der Waals surface area (Å²) in [5.74, 6) is 0.803. The van der Waals surface area contributed by atoms with Gasteiger partial charge in [0.05, 0.1) is 46.0 Å². The van der Waals surface area contributed by atoms with Crippen molar-refractivity contribution in [2.75, 3.05) is 42.5 Å². The molecule has 0 N–H and O–H groups in total. The van der Waals surface area contributed by atoms with E-state index in [2.05, 4.69) is 0 Å². The Morgan fingerprint density at radius 3 is 2.18 bits per heavy atom. The molecule has 5 aromatic carbocycles. The lowest BCUT2D eigenvalue weighted by atomic mass is 10.1. The number of hydrogen-bond donors (Lipinski definition) is 0. The number of rotatable bonds is 9. The average molecular weight is 739 g/mol. The maximum Gasteiger partial charge on any atom is 0.264 e. The standard InChI is InChI=1S/C39H33Cl2N5O4S/c1-50-31-15-13-30(14-16-31)46(26-27-8-4-2-5-9-27)51(48,49)32-17-18-35(41)33(25-32)38(47)44-20-22-45(23-21-44)39-42-36-19-12-29(40)24-34(36)37(43-39)28-10-6-3-7-11-28/h2-19,24-25H,20-23,26H2,1H3. The number of aromatic nitrogens is 2. The van der Waals surface area contributed by atoms with Crippen LogP contribution < -0.4 is 13.9 Å². The molecule has 9 nitrogen and oxygen atoms in total. The van der Waals surface area contributed by atoms with Gasteiger partial charge >= 0.3 is 0 Å². The molecule has 1 fully saturated rings. The van der Waals surface area contributed by atoms with E-state index < -0.39 is 10.0 Å². The molecule has 0 spiro atoms. The molecule has 2 heterocycles. The van der Waals surface area contributed by atoms with Crippen LogP contribution in [0.4, 0.5) is 11.6 Å². The third-order valence-electron chi connectivity index (χ3n) is 8.83. The van der Waals surface area contributed by atoms with Gasteiger partial charge in [0.1, 0.15) is 5.75 Å². The van der Waals surface area contributed by atoms with Crippen molar-refractivity contribution >= 4 is 61.7 Å². The number of amides is 1. The molecule has 0 aliphatic carbocycles. The molecule has 1 aliphatic rings. The Morgan fingerprint density at radius 1 is 0.804 bits per heavy atom. The van der Waals surface area contributed by atoms with Crippen molar-refractivity contribution in [1.29, 1.82) is 0 Å². The van der Waals surface area contributed by atoms with Crippen LogP contribution in [-0.2, 0) is 16.6 Å². The largest absolute Gasteiger partial charge is 0.497 e. The minimum Gasteiger partial charge on any atom is -0.497 e. The molecule has 1 saturated heterocycles. The molecule has 7 rings (SSSR count). The Kier molecular flexibility index (Phi) is 9.82. The van der Waals surface area contributed by atoms with E-state index >= 15 is 0 Å². The van der Waals surface area contributed by atoms with Gasteiger partial charge in [0.25, 0.3) is 15.9 Å². The second kappa shape index (κ2) is 14.6. The van der Waals surface area contributed by atoms with E-state index in [9.17, 15) is 13.2 Å². The quantitative estimate of drug-likeness (QED) is 0.149. The van der Waals surface area contributed by atoms with Crippen molar-refractivity contribution in [2.24, 2.45) is 0 Å². The summed E-state index contributed by atoms with van der Waals surface area (Å²) < 4.78 is 35.2. The number of methoxy groups -OCH3 is 1.